The maximum atomic E-state index is 4.84. The molecular weight excluding hydrogens is 344 g/mol. The zero-order valence-corrected chi connectivity index (χ0v) is 15.4. The Labute approximate surface area is 163 Å². The molecule has 0 amide bonds. The van der Waals surface area contributed by atoms with Crippen LogP contribution in [0.4, 0.5) is 11.5 Å². The van der Waals surface area contributed by atoms with Crippen molar-refractivity contribution in [3.05, 3.63) is 102 Å². The predicted molar refractivity (Wildman–Crippen MR) is 114 cm³/mol. The summed E-state index contributed by atoms with van der Waals surface area (Å²) in [6, 6.07) is 28.9. The van der Waals surface area contributed by atoms with Crippen LogP contribution in [0.25, 0.3) is 16.7 Å². The Hall–Kier alpha value is -3.66. The molecule has 0 aliphatic heterocycles. The van der Waals surface area contributed by atoms with Gasteiger partial charge in [-0.1, -0.05) is 60.7 Å². The number of para-hydroxylation sites is 3. The minimum atomic E-state index is 0.774. The van der Waals surface area contributed by atoms with Crippen LogP contribution in [0.15, 0.2) is 91.1 Å². The molecule has 2 aromatic heterocycles. The van der Waals surface area contributed by atoms with Gasteiger partial charge >= 0.3 is 0 Å². The van der Waals surface area contributed by atoms with E-state index in [0.29, 0.717) is 0 Å². The quantitative estimate of drug-likeness (QED) is 0.453. The van der Waals surface area contributed by atoms with Crippen molar-refractivity contribution in [2.45, 2.75) is 12.8 Å². The van der Waals surface area contributed by atoms with E-state index in [4.69, 9.17) is 9.97 Å². The van der Waals surface area contributed by atoms with Gasteiger partial charge in [0.05, 0.1) is 11.0 Å². The normalized spacial score (nSPS) is 11.1. The Morgan fingerprint density at radius 3 is 2.29 bits per heavy atom. The van der Waals surface area contributed by atoms with Gasteiger partial charge in [-0.3, -0.25) is 4.40 Å². The second kappa shape index (κ2) is 7.16. The second-order valence-corrected chi connectivity index (χ2v) is 6.83. The lowest BCUT2D eigenvalue weighted by atomic mass is 10.1. The van der Waals surface area contributed by atoms with Gasteiger partial charge in [0.2, 0.25) is 0 Å². The highest BCUT2D eigenvalue weighted by molar-refractivity contribution is 5.84. The van der Waals surface area contributed by atoms with Crippen molar-refractivity contribution in [1.82, 2.24) is 14.4 Å². The number of rotatable bonds is 5. The van der Waals surface area contributed by atoms with Crippen LogP contribution in [0, 0.1) is 0 Å². The van der Waals surface area contributed by atoms with Gasteiger partial charge in [-0.15, -0.1) is 0 Å². The molecule has 0 saturated carbocycles. The molecule has 1 N–H and O–H groups in total. The largest absolute Gasteiger partial charge is 0.337 e. The monoisotopic (exact) mass is 364 g/mol. The minimum Gasteiger partial charge on any atom is -0.337 e. The number of aryl methyl sites for hydroxylation is 2. The van der Waals surface area contributed by atoms with Crippen molar-refractivity contribution in [3.8, 4) is 0 Å². The standard InChI is InChI=1S/C24H20N4/c1-3-9-18(10-4-1)15-16-20-17-25-24-23(26-19-11-5-2-6-12-19)27-21-13-7-8-14-22(21)28(20)24/h1-14,17H,15-16H2,(H,26,27). The molecule has 0 aliphatic rings. The van der Waals surface area contributed by atoms with E-state index >= 15 is 0 Å². The Morgan fingerprint density at radius 2 is 1.46 bits per heavy atom. The summed E-state index contributed by atoms with van der Waals surface area (Å²) in [6.45, 7) is 0. The molecule has 0 radical (unpaired) electrons. The summed E-state index contributed by atoms with van der Waals surface area (Å²) in [7, 11) is 0. The SMILES string of the molecule is c1ccc(CCc2cnc3c(Nc4ccccc4)nc4ccccc4n23)cc1. The summed E-state index contributed by atoms with van der Waals surface area (Å²) in [5, 5.41) is 3.43. The summed E-state index contributed by atoms with van der Waals surface area (Å²) in [5.41, 5.74) is 6.41. The maximum absolute atomic E-state index is 4.84. The van der Waals surface area contributed by atoms with Crippen molar-refractivity contribution in [1.29, 1.82) is 0 Å². The van der Waals surface area contributed by atoms with Gasteiger partial charge in [0.15, 0.2) is 11.5 Å². The maximum Gasteiger partial charge on any atom is 0.181 e. The number of aromatic nitrogens is 3. The van der Waals surface area contributed by atoms with Gasteiger partial charge in [-0.25, -0.2) is 9.97 Å². The number of nitrogens with one attached hydrogen (secondary N) is 1. The molecule has 0 aliphatic carbocycles. The summed E-state index contributed by atoms with van der Waals surface area (Å²) in [4.78, 5) is 9.55. The first-order valence-corrected chi connectivity index (χ1v) is 9.49. The highest BCUT2D eigenvalue weighted by Crippen LogP contribution is 2.26. The van der Waals surface area contributed by atoms with Crippen LogP contribution in [-0.2, 0) is 12.8 Å². The lowest BCUT2D eigenvalue weighted by molar-refractivity contribution is 0.906. The zero-order chi connectivity index (χ0) is 18.8. The van der Waals surface area contributed by atoms with Crippen molar-refractivity contribution in [3.63, 3.8) is 0 Å². The average Bonchev–Trinajstić information content (AvgIpc) is 3.19. The minimum absolute atomic E-state index is 0.774. The van der Waals surface area contributed by atoms with E-state index in [9.17, 15) is 0 Å². The van der Waals surface area contributed by atoms with E-state index < -0.39 is 0 Å². The van der Waals surface area contributed by atoms with Crippen LogP contribution in [0.2, 0.25) is 0 Å². The van der Waals surface area contributed by atoms with Gasteiger partial charge in [-0.05, 0) is 42.7 Å². The molecule has 0 saturated heterocycles. The van der Waals surface area contributed by atoms with Gasteiger partial charge in [0, 0.05) is 17.6 Å². The van der Waals surface area contributed by atoms with Crippen LogP contribution in [-0.4, -0.2) is 14.4 Å². The molecule has 4 heteroatoms. The highest BCUT2D eigenvalue weighted by Gasteiger charge is 2.13. The van der Waals surface area contributed by atoms with Crippen LogP contribution >= 0.6 is 0 Å². The molecule has 0 unspecified atom stereocenters. The van der Waals surface area contributed by atoms with E-state index in [2.05, 4.69) is 52.2 Å². The Balaban J connectivity index is 1.60. The highest BCUT2D eigenvalue weighted by atomic mass is 15.1. The summed E-state index contributed by atoms with van der Waals surface area (Å²) in [6.07, 6.45) is 3.87. The van der Waals surface area contributed by atoms with Crippen molar-refractivity contribution in [2.24, 2.45) is 0 Å². The molecule has 0 fully saturated rings. The van der Waals surface area contributed by atoms with Gasteiger partial charge in [-0.2, -0.15) is 0 Å². The Bertz CT molecular complexity index is 1230. The van der Waals surface area contributed by atoms with E-state index in [1.807, 2.05) is 48.7 Å². The first-order valence-electron chi connectivity index (χ1n) is 9.49. The molecule has 0 bridgehead atoms. The fourth-order valence-corrected chi connectivity index (χ4v) is 3.58. The molecule has 2 heterocycles. The van der Waals surface area contributed by atoms with Crippen LogP contribution in [0.5, 0.6) is 0 Å². The lowest BCUT2D eigenvalue weighted by Crippen LogP contribution is -2.03. The van der Waals surface area contributed by atoms with Crippen LogP contribution in [0.3, 0.4) is 0 Å². The first-order chi connectivity index (χ1) is 13.9. The zero-order valence-electron chi connectivity index (χ0n) is 15.4. The predicted octanol–water partition coefficient (Wildman–Crippen LogP) is 5.41. The van der Waals surface area contributed by atoms with Crippen LogP contribution in [0.1, 0.15) is 11.3 Å². The van der Waals surface area contributed by atoms with Crippen molar-refractivity contribution < 1.29 is 0 Å². The number of fused-ring (bicyclic) bond motifs is 3. The topological polar surface area (TPSA) is 42.2 Å². The summed E-state index contributed by atoms with van der Waals surface area (Å²) >= 11 is 0. The van der Waals surface area contributed by atoms with Crippen molar-refractivity contribution in [2.75, 3.05) is 5.32 Å². The van der Waals surface area contributed by atoms with Crippen molar-refractivity contribution >= 4 is 28.2 Å². The summed E-state index contributed by atoms with van der Waals surface area (Å²) < 4.78 is 2.23. The fourth-order valence-electron chi connectivity index (χ4n) is 3.58. The summed E-state index contributed by atoms with van der Waals surface area (Å²) in [5.74, 6) is 0.774. The first kappa shape index (κ1) is 16.5. The molecule has 136 valence electrons. The third-order valence-electron chi connectivity index (χ3n) is 4.95. The molecule has 28 heavy (non-hydrogen) atoms. The van der Waals surface area contributed by atoms with E-state index in [-0.39, 0.29) is 0 Å². The molecule has 4 nitrogen and oxygen atoms in total. The smallest absolute Gasteiger partial charge is 0.181 e. The molecule has 3 aromatic carbocycles. The number of benzene rings is 3. The van der Waals surface area contributed by atoms with E-state index in [1.54, 1.807) is 0 Å². The van der Waals surface area contributed by atoms with Gasteiger partial charge < -0.3 is 5.32 Å². The molecule has 5 rings (SSSR count). The number of hydrogen-bond acceptors (Lipinski definition) is 3. The molecule has 0 spiro atoms. The third kappa shape index (κ3) is 3.09. The van der Waals surface area contributed by atoms with Crippen LogP contribution < -0.4 is 5.32 Å². The number of anilines is 2. The van der Waals surface area contributed by atoms with E-state index in [0.717, 1.165) is 41.0 Å². The van der Waals surface area contributed by atoms with E-state index in [1.165, 1.54) is 11.3 Å². The number of imidazole rings is 1. The molecule has 5 aromatic rings. The second-order valence-electron chi connectivity index (χ2n) is 6.83. The molecule has 0 atom stereocenters. The fraction of sp³-hybridized carbons (Fsp3) is 0.0833. The Kier molecular flexibility index (Phi) is 4.22. The van der Waals surface area contributed by atoms with Gasteiger partial charge in [0.25, 0.3) is 0 Å². The third-order valence-corrected chi connectivity index (χ3v) is 4.95. The lowest BCUT2D eigenvalue weighted by Gasteiger charge is -2.11. The average molecular weight is 364 g/mol. The number of nitrogens with zero attached hydrogens (tertiary/aromatic N) is 3. The Morgan fingerprint density at radius 1 is 0.750 bits per heavy atom. The van der Waals surface area contributed by atoms with Gasteiger partial charge in [0.1, 0.15) is 0 Å². The number of hydrogen-bond donors (Lipinski definition) is 1. The molecular formula is C24H20N4.